The molecule has 192 valence electrons. The number of hydrogen-bond donors (Lipinski definition) is 1. The molecule has 2 aromatic heterocycles. The Morgan fingerprint density at radius 3 is 2.54 bits per heavy atom. The van der Waals surface area contributed by atoms with Crippen LogP contribution in [0.5, 0.6) is 5.75 Å². The van der Waals surface area contributed by atoms with Crippen LogP contribution >= 0.6 is 0 Å². The fourth-order valence-electron chi connectivity index (χ4n) is 4.63. The van der Waals surface area contributed by atoms with Crippen LogP contribution in [0.1, 0.15) is 30.7 Å². The van der Waals surface area contributed by atoms with E-state index in [9.17, 15) is 4.79 Å². The molecule has 0 bridgehead atoms. The first-order valence-corrected chi connectivity index (χ1v) is 12.8. The van der Waals surface area contributed by atoms with Crippen LogP contribution in [-0.4, -0.2) is 65.6 Å². The number of anilines is 2. The first kappa shape index (κ1) is 24.5. The first-order valence-electron chi connectivity index (χ1n) is 12.8. The van der Waals surface area contributed by atoms with E-state index in [0.29, 0.717) is 30.9 Å². The van der Waals surface area contributed by atoms with Crippen molar-refractivity contribution in [3.8, 4) is 5.75 Å². The zero-order valence-corrected chi connectivity index (χ0v) is 21.4. The minimum Gasteiger partial charge on any atom is -0.497 e. The number of hydrogen-bond acceptors (Lipinski definition) is 7. The predicted molar refractivity (Wildman–Crippen MR) is 144 cm³/mol. The van der Waals surface area contributed by atoms with Crippen LogP contribution in [0.2, 0.25) is 0 Å². The molecule has 0 unspecified atom stereocenters. The van der Waals surface area contributed by atoms with E-state index in [4.69, 9.17) is 9.84 Å². The Kier molecular flexibility index (Phi) is 7.49. The number of carbonyl (C=O) groups is 1. The lowest BCUT2D eigenvalue weighted by molar-refractivity contribution is -0.121. The van der Waals surface area contributed by atoms with E-state index in [0.717, 1.165) is 37.7 Å². The van der Waals surface area contributed by atoms with Crippen molar-refractivity contribution in [2.24, 2.45) is 0 Å². The van der Waals surface area contributed by atoms with Crippen molar-refractivity contribution in [2.75, 3.05) is 49.6 Å². The lowest BCUT2D eigenvalue weighted by Crippen LogP contribution is -2.47. The number of rotatable bonds is 9. The predicted octanol–water partition coefficient (Wildman–Crippen LogP) is 3.31. The van der Waals surface area contributed by atoms with Gasteiger partial charge in [-0.2, -0.15) is 4.52 Å². The van der Waals surface area contributed by atoms with E-state index < -0.39 is 0 Å². The molecule has 1 atom stereocenters. The second-order valence-corrected chi connectivity index (χ2v) is 9.37. The second kappa shape index (κ2) is 11.3. The quantitative estimate of drug-likeness (QED) is 0.378. The topological polar surface area (TPSA) is 87.9 Å². The monoisotopic (exact) mass is 499 g/mol. The number of benzene rings is 2. The summed E-state index contributed by atoms with van der Waals surface area (Å²) < 4.78 is 7.14. The molecule has 9 nitrogen and oxygen atoms in total. The Balaban J connectivity index is 1.17. The van der Waals surface area contributed by atoms with Gasteiger partial charge in [-0.05, 0) is 35.7 Å². The molecule has 9 heteroatoms. The van der Waals surface area contributed by atoms with Crippen LogP contribution in [0.25, 0.3) is 5.65 Å². The van der Waals surface area contributed by atoms with Crippen molar-refractivity contribution in [2.45, 2.75) is 25.7 Å². The van der Waals surface area contributed by atoms with Gasteiger partial charge in [-0.3, -0.25) is 4.79 Å². The van der Waals surface area contributed by atoms with E-state index in [1.807, 2.05) is 42.5 Å². The molecule has 1 aliphatic rings. The number of nitrogens with one attached hydrogen (secondary N) is 1. The maximum Gasteiger partial charge on any atom is 0.220 e. The standard InChI is InChI=1S/C28H33N7O2/c1-21(22-7-4-3-5-8-22)20-29-28(36)14-13-26-31-30-25-11-12-27(32-35(25)26)34-17-15-33(16-18-34)23-9-6-10-24(19-23)37-2/h3-12,19,21H,13-18,20H2,1-2H3,(H,29,36)/t21-/m0/s1. The van der Waals surface area contributed by atoms with Gasteiger partial charge in [-0.15, -0.1) is 15.3 Å². The zero-order valence-electron chi connectivity index (χ0n) is 21.4. The van der Waals surface area contributed by atoms with Crippen LogP contribution in [-0.2, 0) is 11.2 Å². The van der Waals surface area contributed by atoms with Gasteiger partial charge < -0.3 is 19.9 Å². The molecule has 1 aliphatic heterocycles. The number of aryl methyl sites for hydroxylation is 1. The summed E-state index contributed by atoms with van der Waals surface area (Å²) in [6.45, 7) is 6.22. The molecule has 1 amide bonds. The molecule has 3 heterocycles. The largest absolute Gasteiger partial charge is 0.497 e. The van der Waals surface area contributed by atoms with Crippen molar-refractivity contribution in [3.05, 3.63) is 78.1 Å². The molecular weight excluding hydrogens is 466 g/mol. The third kappa shape index (κ3) is 5.82. The van der Waals surface area contributed by atoms with Gasteiger partial charge in [0.05, 0.1) is 7.11 Å². The molecule has 0 aliphatic carbocycles. The van der Waals surface area contributed by atoms with Crippen molar-refractivity contribution in [1.82, 2.24) is 25.1 Å². The van der Waals surface area contributed by atoms with E-state index in [-0.39, 0.29) is 11.8 Å². The number of methoxy groups -OCH3 is 1. The highest BCUT2D eigenvalue weighted by Gasteiger charge is 2.20. The third-order valence-electron chi connectivity index (χ3n) is 6.89. The summed E-state index contributed by atoms with van der Waals surface area (Å²) in [6.07, 6.45) is 0.820. The number of ether oxygens (including phenoxy) is 1. The fraction of sp³-hybridized carbons (Fsp3) is 0.357. The van der Waals surface area contributed by atoms with Gasteiger partial charge in [-0.25, -0.2) is 0 Å². The molecule has 37 heavy (non-hydrogen) atoms. The van der Waals surface area contributed by atoms with Crippen LogP contribution in [0, 0.1) is 0 Å². The van der Waals surface area contributed by atoms with Crippen molar-refractivity contribution in [3.63, 3.8) is 0 Å². The van der Waals surface area contributed by atoms with Crippen molar-refractivity contribution < 1.29 is 9.53 Å². The van der Waals surface area contributed by atoms with Gasteiger partial charge in [0.15, 0.2) is 11.5 Å². The minimum atomic E-state index is 0.00403. The smallest absolute Gasteiger partial charge is 0.220 e. The molecule has 1 fully saturated rings. The maximum absolute atomic E-state index is 12.5. The second-order valence-electron chi connectivity index (χ2n) is 9.37. The summed E-state index contributed by atoms with van der Waals surface area (Å²) in [6, 6.07) is 22.3. The van der Waals surface area contributed by atoms with Crippen molar-refractivity contribution >= 4 is 23.1 Å². The molecule has 0 radical (unpaired) electrons. The number of nitrogens with zero attached hydrogens (tertiary/aromatic N) is 6. The van der Waals surface area contributed by atoms with E-state index in [1.165, 1.54) is 11.3 Å². The lowest BCUT2D eigenvalue weighted by Gasteiger charge is -2.36. The molecule has 4 aromatic rings. The highest BCUT2D eigenvalue weighted by molar-refractivity contribution is 5.76. The highest BCUT2D eigenvalue weighted by atomic mass is 16.5. The van der Waals surface area contributed by atoms with Crippen LogP contribution < -0.4 is 19.9 Å². The molecule has 0 saturated carbocycles. The van der Waals surface area contributed by atoms with Crippen LogP contribution in [0.3, 0.4) is 0 Å². The molecule has 1 N–H and O–H groups in total. The summed E-state index contributed by atoms with van der Waals surface area (Å²) in [5.41, 5.74) is 3.07. The fourth-order valence-corrected chi connectivity index (χ4v) is 4.63. The Labute approximate surface area is 217 Å². The first-order chi connectivity index (χ1) is 18.1. The molecule has 1 saturated heterocycles. The van der Waals surface area contributed by atoms with Crippen LogP contribution in [0.15, 0.2) is 66.7 Å². The number of amides is 1. The number of piperazine rings is 1. The Bertz CT molecular complexity index is 1330. The third-order valence-corrected chi connectivity index (χ3v) is 6.89. The summed E-state index contributed by atoms with van der Waals surface area (Å²) in [5.74, 6) is 2.71. The average Bonchev–Trinajstić information content (AvgIpc) is 3.37. The van der Waals surface area contributed by atoms with Crippen molar-refractivity contribution in [1.29, 1.82) is 0 Å². The molecular formula is C28H33N7O2. The number of carbonyl (C=O) groups excluding carboxylic acids is 1. The van der Waals surface area contributed by atoms with Gasteiger partial charge in [0.2, 0.25) is 5.91 Å². The maximum atomic E-state index is 12.5. The molecule has 5 rings (SSSR count). The Hall–Kier alpha value is -4.14. The van der Waals surface area contributed by atoms with Gasteiger partial charge in [-0.1, -0.05) is 43.3 Å². The number of fused-ring (bicyclic) bond motifs is 1. The normalized spacial score (nSPS) is 14.5. The van der Waals surface area contributed by atoms with Gasteiger partial charge >= 0.3 is 0 Å². The summed E-state index contributed by atoms with van der Waals surface area (Å²) in [5, 5.41) is 16.4. The van der Waals surface area contributed by atoms with E-state index >= 15 is 0 Å². The Morgan fingerprint density at radius 2 is 1.76 bits per heavy atom. The van der Waals surface area contributed by atoms with E-state index in [2.05, 4.69) is 56.5 Å². The Morgan fingerprint density at radius 1 is 0.973 bits per heavy atom. The van der Waals surface area contributed by atoms with Crippen LogP contribution in [0.4, 0.5) is 11.5 Å². The highest BCUT2D eigenvalue weighted by Crippen LogP contribution is 2.23. The van der Waals surface area contributed by atoms with E-state index in [1.54, 1.807) is 11.6 Å². The molecule has 0 spiro atoms. The SMILES string of the molecule is COc1cccc(N2CCN(c3ccc4nnc(CCC(=O)NC[C@H](C)c5ccccc5)n4n3)CC2)c1. The van der Waals surface area contributed by atoms with Gasteiger partial charge in [0.25, 0.3) is 0 Å². The molecule has 2 aromatic carbocycles. The minimum absolute atomic E-state index is 0.00403. The summed E-state index contributed by atoms with van der Waals surface area (Å²) >= 11 is 0. The summed E-state index contributed by atoms with van der Waals surface area (Å²) in [4.78, 5) is 17.1. The zero-order chi connectivity index (χ0) is 25.6. The summed E-state index contributed by atoms with van der Waals surface area (Å²) in [7, 11) is 1.69. The number of aromatic nitrogens is 4. The van der Waals surface area contributed by atoms with Gasteiger partial charge in [0, 0.05) is 57.3 Å². The van der Waals surface area contributed by atoms with Gasteiger partial charge in [0.1, 0.15) is 11.6 Å². The lowest BCUT2D eigenvalue weighted by atomic mass is 10.0. The average molecular weight is 500 g/mol.